The van der Waals surface area contributed by atoms with Crippen molar-refractivity contribution in [2.45, 2.75) is 34.8 Å². The van der Waals surface area contributed by atoms with Gasteiger partial charge in [0, 0.05) is 26.1 Å². The third-order valence-corrected chi connectivity index (χ3v) is 6.66. The zero-order chi connectivity index (χ0) is 18.7. The molecule has 1 aliphatic heterocycles. The fraction of sp³-hybridized carbons (Fsp3) is 0.500. The van der Waals surface area contributed by atoms with Crippen LogP contribution in [0.1, 0.15) is 19.3 Å². The van der Waals surface area contributed by atoms with Gasteiger partial charge in [0.25, 0.3) is 0 Å². The number of amides is 1. The van der Waals surface area contributed by atoms with Gasteiger partial charge < -0.3 is 4.90 Å². The Morgan fingerprint density at radius 3 is 2.08 bits per heavy atom. The molecule has 25 heavy (non-hydrogen) atoms. The molecule has 1 aliphatic rings. The molecule has 0 unspecified atom stereocenters. The molecule has 0 saturated carbocycles. The van der Waals surface area contributed by atoms with Gasteiger partial charge in [-0.1, -0.05) is 0 Å². The van der Waals surface area contributed by atoms with Crippen LogP contribution in [0.15, 0.2) is 34.1 Å². The van der Waals surface area contributed by atoms with Gasteiger partial charge >= 0.3 is 5.76 Å². The Morgan fingerprint density at radius 1 is 1.04 bits per heavy atom. The zero-order valence-electron chi connectivity index (χ0n) is 13.2. The molecule has 7 nitrogen and oxygen atoms in total. The molecule has 0 atom stereocenters. The van der Waals surface area contributed by atoms with E-state index in [-0.39, 0.29) is 23.8 Å². The van der Waals surface area contributed by atoms with E-state index in [0.29, 0.717) is 13.1 Å². The summed E-state index contributed by atoms with van der Waals surface area (Å²) in [5, 5.41) is 0. The molecule has 11 heteroatoms. The molecule has 1 N–H and O–H groups in total. The van der Waals surface area contributed by atoms with Crippen LogP contribution in [0.3, 0.4) is 0 Å². The van der Waals surface area contributed by atoms with Crippen molar-refractivity contribution >= 4 is 25.8 Å². The first-order chi connectivity index (χ1) is 11.6. The van der Waals surface area contributed by atoms with E-state index in [0.717, 1.165) is 37.1 Å². The molecule has 2 rings (SSSR count). The number of hydrogen-bond acceptors (Lipinski definition) is 5. The maximum Gasteiger partial charge on any atom is 0.341 e. The number of halogens is 2. The maximum atomic E-state index is 12.4. The number of nitrogens with zero attached hydrogens (tertiary/aromatic N) is 1. The molecule has 140 valence electrons. The number of sulfonamides is 1. The zero-order valence-corrected chi connectivity index (χ0v) is 14.8. The highest BCUT2D eigenvalue weighted by atomic mass is 32.2. The highest BCUT2D eigenvalue weighted by molar-refractivity contribution is 7.91. The van der Waals surface area contributed by atoms with E-state index in [1.165, 1.54) is 0 Å². The van der Waals surface area contributed by atoms with Gasteiger partial charge in [0.1, 0.15) is 0 Å². The van der Waals surface area contributed by atoms with Crippen LogP contribution < -0.4 is 4.72 Å². The summed E-state index contributed by atoms with van der Waals surface area (Å²) in [6.45, 7) is 1.24. The first-order valence-electron chi connectivity index (χ1n) is 7.54. The number of likely N-dealkylation sites (tertiary alicyclic amines) is 1. The van der Waals surface area contributed by atoms with Crippen molar-refractivity contribution in [2.24, 2.45) is 0 Å². The third kappa shape index (κ3) is 4.73. The van der Waals surface area contributed by atoms with E-state index in [2.05, 4.69) is 4.72 Å². The molecule has 0 aromatic heterocycles. The number of carbonyl (C=O) groups is 1. The fourth-order valence-corrected chi connectivity index (χ4v) is 4.16. The number of benzene rings is 1. The summed E-state index contributed by atoms with van der Waals surface area (Å²) in [5.74, 6) is -3.72. The molecule has 0 spiro atoms. The van der Waals surface area contributed by atoms with E-state index in [1.54, 1.807) is 4.90 Å². The van der Waals surface area contributed by atoms with Crippen LogP contribution in [0.25, 0.3) is 0 Å². The second kappa shape index (κ2) is 7.75. The van der Waals surface area contributed by atoms with Gasteiger partial charge in [0.05, 0.1) is 9.79 Å². The van der Waals surface area contributed by atoms with Crippen LogP contribution in [0.5, 0.6) is 0 Å². The van der Waals surface area contributed by atoms with E-state index < -0.39 is 30.5 Å². The second-order valence-corrected chi connectivity index (χ2v) is 9.20. The average Bonchev–Trinajstić information content (AvgIpc) is 3.09. The van der Waals surface area contributed by atoms with Crippen molar-refractivity contribution in [3.05, 3.63) is 24.3 Å². The van der Waals surface area contributed by atoms with Gasteiger partial charge in [-0.3, -0.25) is 4.79 Å². The Balaban J connectivity index is 1.98. The minimum atomic E-state index is -4.78. The molecule has 1 aromatic rings. The summed E-state index contributed by atoms with van der Waals surface area (Å²) in [6, 6.07) is 3.48. The summed E-state index contributed by atoms with van der Waals surface area (Å²) < 4.78 is 73.9. The van der Waals surface area contributed by atoms with Crippen LogP contribution >= 0.6 is 0 Å². The largest absolute Gasteiger partial charge is 0.343 e. The smallest absolute Gasteiger partial charge is 0.341 e. The number of hydrogen-bond donors (Lipinski definition) is 1. The van der Waals surface area contributed by atoms with E-state index in [1.807, 2.05) is 0 Å². The summed E-state index contributed by atoms with van der Waals surface area (Å²) in [4.78, 5) is 12.6. The Hall–Kier alpha value is -1.59. The van der Waals surface area contributed by atoms with E-state index >= 15 is 0 Å². The minimum absolute atomic E-state index is 0.0110. The SMILES string of the molecule is O=C(CCNS(=O)(=O)c1ccc(S(=O)(=O)C(F)F)cc1)N1CCCC1. The second-order valence-electron chi connectivity index (χ2n) is 5.51. The van der Waals surface area contributed by atoms with Gasteiger partial charge in [0.15, 0.2) is 0 Å². The molecule has 1 aromatic carbocycles. The fourth-order valence-electron chi connectivity index (χ4n) is 2.41. The van der Waals surface area contributed by atoms with Crippen molar-refractivity contribution in [1.82, 2.24) is 9.62 Å². The quantitative estimate of drug-likeness (QED) is 0.740. The number of nitrogens with one attached hydrogen (secondary N) is 1. The topological polar surface area (TPSA) is 101 Å². The molecular formula is C14H18F2N2O5S2. The Labute approximate surface area is 145 Å². The van der Waals surface area contributed by atoms with Gasteiger partial charge in [-0.25, -0.2) is 21.6 Å². The number of carbonyl (C=O) groups excluding carboxylic acids is 1. The first-order valence-corrected chi connectivity index (χ1v) is 10.6. The molecule has 0 bridgehead atoms. The van der Waals surface area contributed by atoms with Crippen molar-refractivity contribution in [3.8, 4) is 0 Å². The van der Waals surface area contributed by atoms with E-state index in [9.17, 15) is 30.4 Å². The number of alkyl halides is 2. The lowest BCUT2D eigenvalue weighted by Crippen LogP contribution is -2.32. The van der Waals surface area contributed by atoms with Crippen LogP contribution in [-0.2, 0) is 24.7 Å². The highest BCUT2D eigenvalue weighted by Crippen LogP contribution is 2.20. The van der Waals surface area contributed by atoms with Crippen LogP contribution in [0, 0.1) is 0 Å². The maximum absolute atomic E-state index is 12.4. The van der Waals surface area contributed by atoms with Crippen molar-refractivity contribution in [2.75, 3.05) is 19.6 Å². The minimum Gasteiger partial charge on any atom is -0.343 e. The predicted octanol–water partition coefficient (Wildman–Crippen LogP) is 0.974. The highest BCUT2D eigenvalue weighted by Gasteiger charge is 2.27. The lowest BCUT2D eigenvalue weighted by Gasteiger charge is -2.15. The summed E-state index contributed by atoms with van der Waals surface area (Å²) in [5.41, 5.74) is 0. The van der Waals surface area contributed by atoms with Crippen LogP contribution in [0.2, 0.25) is 0 Å². The van der Waals surface area contributed by atoms with Gasteiger partial charge in [-0.15, -0.1) is 0 Å². The molecule has 1 fully saturated rings. The van der Waals surface area contributed by atoms with Crippen LogP contribution in [-0.4, -0.2) is 53.0 Å². The lowest BCUT2D eigenvalue weighted by molar-refractivity contribution is -0.129. The van der Waals surface area contributed by atoms with Crippen LogP contribution in [0.4, 0.5) is 8.78 Å². The van der Waals surface area contributed by atoms with Crippen molar-refractivity contribution in [1.29, 1.82) is 0 Å². The van der Waals surface area contributed by atoms with Gasteiger partial charge in [0.2, 0.25) is 25.8 Å². The standard InChI is InChI=1S/C14H18F2N2O5S2/c15-14(16)24(20,21)11-3-5-12(6-4-11)25(22,23)17-8-7-13(19)18-9-1-2-10-18/h3-6,14,17H,1-2,7-10H2. The summed E-state index contributed by atoms with van der Waals surface area (Å²) in [6.07, 6.45) is 1.88. The number of rotatable bonds is 7. The monoisotopic (exact) mass is 396 g/mol. The Kier molecular flexibility index (Phi) is 6.12. The van der Waals surface area contributed by atoms with Gasteiger partial charge in [-0.2, -0.15) is 8.78 Å². The molecule has 0 aliphatic carbocycles. The predicted molar refractivity (Wildman–Crippen MR) is 85.3 cm³/mol. The summed E-state index contributed by atoms with van der Waals surface area (Å²) in [7, 11) is -8.74. The average molecular weight is 396 g/mol. The molecular weight excluding hydrogens is 378 g/mol. The van der Waals surface area contributed by atoms with Crippen molar-refractivity contribution in [3.63, 3.8) is 0 Å². The first kappa shape index (κ1) is 19.7. The molecule has 1 heterocycles. The Morgan fingerprint density at radius 2 is 1.56 bits per heavy atom. The normalized spacial score (nSPS) is 15.7. The molecule has 0 radical (unpaired) electrons. The molecule has 1 amide bonds. The lowest BCUT2D eigenvalue weighted by atomic mass is 10.4. The van der Waals surface area contributed by atoms with Gasteiger partial charge in [-0.05, 0) is 37.1 Å². The Bertz CT molecular complexity index is 817. The number of sulfone groups is 1. The van der Waals surface area contributed by atoms with E-state index in [4.69, 9.17) is 0 Å². The summed E-state index contributed by atoms with van der Waals surface area (Å²) >= 11 is 0. The third-order valence-electron chi connectivity index (χ3n) is 3.79. The molecule has 1 saturated heterocycles. The van der Waals surface area contributed by atoms with Crippen molar-refractivity contribution < 1.29 is 30.4 Å².